The van der Waals surface area contributed by atoms with Gasteiger partial charge in [0.25, 0.3) is 5.91 Å². The lowest BCUT2D eigenvalue weighted by atomic mass is 10.1. The molecular weight excluding hydrogens is 403 g/mol. The minimum Gasteiger partial charge on any atom is -0.357 e. The first-order valence-corrected chi connectivity index (χ1v) is 7.83. The van der Waals surface area contributed by atoms with E-state index in [1.807, 2.05) is 24.3 Å². The number of guanidine groups is 1. The summed E-state index contributed by atoms with van der Waals surface area (Å²) in [5, 5.41) is 6.60. The topological polar surface area (TPSA) is 56.7 Å². The Kier molecular flexibility index (Phi) is 10.6. The summed E-state index contributed by atoms with van der Waals surface area (Å²) in [7, 11) is 3.51. The lowest BCUT2D eigenvalue weighted by Crippen LogP contribution is -2.41. The summed E-state index contributed by atoms with van der Waals surface area (Å²) in [5.41, 5.74) is 1.78. The molecule has 1 aromatic carbocycles. The van der Waals surface area contributed by atoms with Gasteiger partial charge in [-0.1, -0.05) is 19.1 Å². The molecule has 0 fully saturated rings. The minimum absolute atomic E-state index is 0. The van der Waals surface area contributed by atoms with Gasteiger partial charge in [0.2, 0.25) is 0 Å². The van der Waals surface area contributed by atoms with Gasteiger partial charge in [0, 0.05) is 32.2 Å². The molecule has 0 heterocycles. The third-order valence-electron chi connectivity index (χ3n) is 3.37. The molecule has 1 amide bonds. The van der Waals surface area contributed by atoms with Crippen LogP contribution < -0.4 is 10.6 Å². The minimum atomic E-state index is 0. The molecule has 2 N–H and O–H groups in total. The predicted octanol–water partition coefficient (Wildman–Crippen LogP) is 2.86. The molecule has 130 valence electrons. The quantitative estimate of drug-likeness (QED) is 0.413. The molecule has 0 aliphatic heterocycles. The molecule has 1 rings (SSSR count). The van der Waals surface area contributed by atoms with E-state index in [1.165, 1.54) is 0 Å². The molecule has 1 aromatic rings. The number of carbonyl (C=O) groups is 1. The Bertz CT molecular complexity index is 500. The van der Waals surface area contributed by atoms with Gasteiger partial charge < -0.3 is 15.5 Å². The first-order valence-electron chi connectivity index (χ1n) is 7.83. The Balaban J connectivity index is 0.00000484. The molecule has 0 spiro atoms. The van der Waals surface area contributed by atoms with Crippen LogP contribution in [0, 0.1) is 0 Å². The zero-order chi connectivity index (χ0) is 16.5. The smallest absolute Gasteiger partial charge is 0.253 e. The highest BCUT2D eigenvalue weighted by Gasteiger charge is 2.07. The molecule has 5 nitrogen and oxygen atoms in total. The molecule has 1 atom stereocenters. The van der Waals surface area contributed by atoms with Crippen LogP contribution in [0.25, 0.3) is 0 Å². The van der Waals surface area contributed by atoms with Gasteiger partial charge in [-0.2, -0.15) is 0 Å². The number of nitrogens with zero attached hydrogens (tertiary/aromatic N) is 2. The van der Waals surface area contributed by atoms with Gasteiger partial charge in [0.1, 0.15) is 0 Å². The number of amides is 1. The lowest BCUT2D eigenvalue weighted by Gasteiger charge is -2.16. The van der Waals surface area contributed by atoms with Crippen molar-refractivity contribution >= 4 is 35.8 Å². The van der Waals surface area contributed by atoms with Crippen molar-refractivity contribution in [3.8, 4) is 0 Å². The van der Waals surface area contributed by atoms with Crippen LogP contribution in [0.2, 0.25) is 0 Å². The van der Waals surface area contributed by atoms with E-state index < -0.39 is 0 Å². The normalized spacial score (nSPS) is 12.1. The van der Waals surface area contributed by atoms with Crippen LogP contribution in [0.5, 0.6) is 0 Å². The molecule has 23 heavy (non-hydrogen) atoms. The first kappa shape index (κ1) is 21.7. The number of rotatable bonds is 6. The van der Waals surface area contributed by atoms with E-state index in [0.29, 0.717) is 18.2 Å². The van der Waals surface area contributed by atoms with Gasteiger partial charge in [-0.05, 0) is 38.0 Å². The van der Waals surface area contributed by atoms with Crippen molar-refractivity contribution in [2.45, 2.75) is 39.8 Å². The van der Waals surface area contributed by atoms with Crippen LogP contribution in [-0.2, 0) is 6.54 Å². The Morgan fingerprint density at radius 1 is 1.22 bits per heavy atom. The molecule has 0 aromatic heterocycles. The van der Waals surface area contributed by atoms with Gasteiger partial charge in [-0.15, -0.1) is 24.0 Å². The fraction of sp³-hybridized carbons (Fsp3) is 0.529. The van der Waals surface area contributed by atoms with Crippen LogP contribution in [0.1, 0.15) is 43.1 Å². The number of benzene rings is 1. The van der Waals surface area contributed by atoms with Crippen LogP contribution in [0.3, 0.4) is 0 Å². The molecule has 0 aliphatic rings. The van der Waals surface area contributed by atoms with E-state index in [1.54, 1.807) is 19.0 Å². The second-order valence-electron chi connectivity index (χ2n) is 5.55. The molecule has 0 aliphatic carbocycles. The number of carbonyl (C=O) groups excluding carboxylic acids is 1. The molecular formula is C17H29IN4O. The van der Waals surface area contributed by atoms with Gasteiger partial charge in [0.15, 0.2) is 5.96 Å². The summed E-state index contributed by atoms with van der Waals surface area (Å²) in [5.74, 6) is 0.840. The summed E-state index contributed by atoms with van der Waals surface area (Å²) in [6.07, 6.45) is 1.05. The monoisotopic (exact) mass is 432 g/mol. The number of nitrogens with one attached hydrogen (secondary N) is 2. The van der Waals surface area contributed by atoms with E-state index in [4.69, 9.17) is 0 Å². The fourth-order valence-electron chi connectivity index (χ4n) is 1.84. The Morgan fingerprint density at radius 2 is 1.83 bits per heavy atom. The second kappa shape index (κ2) is 11.3. The standard InChI is InChI=1S/C17H28N4O.HI/c1-6-13(3)20-17(18-7-2)19-12-14-8-10-15(11-9-14)16(22)21(4)5;/h8-11,13H,6-7,12H2,1-5H3,(H2,18,19,20);1H. The highest BCUT2D eigenvalue weighted by molar-refractivity contribution is 14.0. The number of halogens is 1. The number of hydrogen-bond acceptors (Lipinski definition) is 2. The van der Waals surface area contributed by atoms with E-state index in [-0.39, 0.29) is 29.9 Å². The maximum Gasteiger partial charge on any atom is 0.253 e. The van der Waals surface area contributed by atoms with Crippen LogP contribution >= 0.6 is 24.0 Å². The van der Waals surface area contributed by atoms with Gasteiger partial charge in [-0.25, -0.2) is 4.99 Å². The van der Waals surface area contributed by atoms with Crippen molar-refractivity contribution in [1.29, 1.82) is 0 Å². The van der Waals surface area contributed by atoms with E-state index in [9.17, 15) is 4.79 Å². The van der Waals surface area contributed by atoms with Gasteiger partial charge in [0.05, 0.1) is 6.54 Å². The van der Waals surface area contributed by atoms with Crippen molar-refractivity contribution in [1.82, 2.24) is 15.5 Å². The number of hydrogen-bond donors (Lipinski definition) is 2. The number of aliphatic imine (C=N–C) groups is 1. The summed E-state index contributed by atoms with van der Waals surface area (Å²) < 4.78 is 0. The lowest BCUT2D eigenvalue weighted by molar-refractivity contribution is 0.0827. The van der Waals surface area contributed by atoms with Gasteiger partial charge in [-0.3, -0.25) is 4.79 Å². The molecule has 6 heteroatoms. The van der Waals surface area contributed by atoms with Crippen LogP contribution in [-0.4, -0.2) is 43.4 Å². The van der Waals surface area contributed by atoms with E-state index in [2.05, 4.69) is 36.4 Å². The summed E-state index contributed by atoms with van der Waals surface area (Å²) in [6, 6.07) is 7.99. The van der Waals surface area contributed by atoms with Crippen LogP contribution in [0.15, 0.2) is 29.3 Å². The van der Waals surface area contributed by atoms with Crippen molar-refractivity contribution in [3.63, 3.8) is 0 Å². The Labute approximate surface area is 157 Å². The van der Waals surface area contributed by atoms with Crippen molar-refractivity contribution in [2.24, 2.45) is 4.99 Å². The van der Waals surface area contributed by atoms with E-state index >= 15 is 0 Å². The average molecular weight is 432 g/mol. The maximum atomic E-state index is 11.8. The second-order valence-corrected chi connectivity index (χ2v) is 5.55. The van der Waals surface area contributed by atoms with Crippen LogP contribution in [0.4, 0.5) is 0 Å². The maximum absolute atomic E-state index is 11.8. The zero-order valence-electron chi connectivity index (χ0n) is 14.7. The van der Waals surface area contributed by atoms with Crippen molar-refractivity contribution in [2.75, 3.05) is 20.6 Å². The Hall–Kier alpha value is -1.31. The highest BCUT2D eigenvalue weighted by Crippen LogP contribution is 2.07. The molecule has 0 saturated carbocycles. The summed E-state index contributed by atoms with van der Waals surface area (Å²) in [4.78, 5) is 18.0. The average Bonchev–Trinajstić information content (AvgIpc) is 2.52. The molecule has 0 saturated heterocycles. The predicted molar refractivity (Wildman–Crippen MR) is 108 cm³/mol. The fourth-order valence-corrected chi connectivity index (χ4v) is 1.84. The van der Waals surface area contributed by atoms with Crippen molar-refractivity contribution in [3.05, 3.63) is 35.4 Å². The summed E-state index contributed by atoms with van der Waals surface area (Å²) >= 11 is 0. The SMILES string of the molecule is CCNC(=NCc1ccc(C(=O)N(C)C)cc1)NC(C)CC.I. The first-order chi connectivity index (χ1) is 10.5. The van der Waals surface area contributed by atoms with E-state index in [0.717, 1.165) is 24.5 Å². The molecule has 1 unspecified atom stereocenters. The third-order valence-corrected chi connectivity index (χ3v) is 3.37. The Morgan fingerprint density at radius 3 is 2.30 bits per heavy atom. The third kappa shape index (κ3) is 7.67. The van der Waals surface area contributed by atoms with Gasteiger partial charge >= 0.3 is 0 Å². The molecule has 0 bridgehead atoms. The molecule has 0 radical (unpaired) electrons. The summed E-state index contributed by atoms with van der Waals surface area (Å²) in [6.45, 7) is 7.74. The largest absolute Gasteiger partial charge is 0.357 e. The van der Waals surface area contributed by atoms with Crippen molar-refractivity contribution < 1.29 is 4.79 Å². The zero-order valence-corrected chi connectivity index (χ0v) is 17.0. The highest BCUT2D eigenvalue weighted by atomic mass is 127.